The van der Waals surface area contributed by atoms with Gasteiger partial charge >= 0.3 is 5.69 Å². The average Bonchev–Trinajstić information content (AvgIpc) is 2.91. The fourth-order valence-corrected chi connectivity index (χ4v) is 3.42. The summed E-state index contributed by atoms with van der Waals surface area (Å²) in [4.78, 5) is 37.2. The Morgan fingerprint density at radius 1 is 1.09 bits per heavy atom. The van der Waals surface area contributed by atoms with E-state index in [0.717, 1.165) is 18.2 Å². The first-order valence-electron chi connectivity index (χ1n) is 9.77. The normalized spacial score (nSPS) is 16.8. The summed E-state index contributed by atoms with van der Waals surface area (Å²) in [6.45, 7) is 5.35. The maximum Gasteiger partial charge on any atom is 0.305 e. The first kappa shape index (κ1) is 22.7. The second-order valence-electron chi connectivity index (χ2n) is 7.36. The topological polar surface area (TPSA) is 80.5 Å². The van der Waals surface area contributed by atoms with Crippen molar-refractivity contribution < 1.29 is 23.3 Å². The fraction of sp³-hybridized carbons (Fsp3) is 0.167. The molecule has 1 heterocycles. The van der Waals surface area contributed by atoms with Gasteiger partial charge < -0.3 is 4.90 Å². The predicted octanol–water partition coefficient (Wildman–Crippen LogP) is 4.64. The van der Waals surface area contributed by atoms with E-state index in [1.165, 1.54) is 29.2 Å². The maximum absolute atomic E-state index is 13.7. The highest BCUT2D eigenvalue weighted by atomic mass is 19.1. The molecule has 1 amide bonds. The molecule has 0 N–H and O–H groups in total. The van der Waals surface area contributed by atoms with Crippen LogP contribution in [-0.2, 0) is 9.59 Å². The summed E-state index contributed by atoms with van der Waals surface area (Å²) in [6, 6.07) is 7.78. The molecule has 32 heavy (non-hydrogen) atoms. The SMILES string of the molecule is C=CC(=O)N1CC/C(=C\c2ccc(F)c([N+](=O)[O-])c2)C(=O)/C(=C/c2ccc(F)c(C)c2)C1. The van der Waals surface area contributed by atoms with Crippen molar-refractivity contribution in [2.45, 2.75) is 13.3 Å². The number of likely N-dealkylation sites (tertiary alicyclic amines) is 1. The van der Waals surface area contributed by atoms with E-state index in [1.807, 2.05) is 0 Å². The minimum absolute atomic E-state index is 0.0288. The Labute approximate surface area is 183 Å². The number of hydrogen-bond donors (Lipinski definition) is 0. The van der Waals surface area contributed by atoms with Gasteiger partial charge in [-0.05, 0) is 66.5 Å². The van der Waals surface area contributed by atoms with Crippen molar-refractivity contribution in [3.05, 3.63) is 98.6 Å². The smallest absolute Gasteiger partial charge is 0.305 e. The largest absolute Gasteiger partial charge is 0.334 e. The number of carbonyl (C=O) groups excluding carboxylic acids is 2. The highest BCUT2D eigenvalue weighted by molar-refractivity contribution is 6.14. The molecular formula is C24H20F2N2O4. The van der Waals surface area contributed by atoms with E-state index in [9.17, 15) is 28.5 Å². The highest BCUT2D eigenvalue weighted by Gasteiger charge is 2.25. The lowest BCUT2D eigenvalue weighted by molar-refractivity contribution is -0.387. The van der Waals surface area contributed by atoms with Gasteiger partial charge in [0.05, 0.1) is 4.92 Å². The molecule has 0 aromatic heterocycles. The number of nitrogens with zero attached hydrogens (tertiary/aromatic N) is 2. The first-order chi connectivity index (χ1) is 15.2. The van der Waals surface area contributed by atoms with Gasteiger partial charge in [0.15, 0.2) is 5.78 Å². The number of carbonyl (C=O) groups is 2. The van der Waals surface area contributed by atoms with Gasteiger partial charge in [-0.2, -0.15) is 4.39 Å². The van der Waals surface area contributed by atoms with Crippen LogP contribution in [0.4, 0.5) is 14.5 Å². The van der Waals surface area contributed by atoms with Crippen LogP contribution >= 0.6 is 0 Å². The number of halogens is 2. The monoisotopic (exact) mass is 438 g/mol. The molecular weight excluding hydrogens is 418 g/mol. The van der Waals surface area contributed by atoms with Crippen LogP contribution in [0.2, 0.25) is 0 Å². The zero-order valence-electron chi connectivity index (χ0n) is 17.3. The Morgan fingerprint density at radius 3 is 2.34 bits per heavy atom. The predicted molar refractivity (Wildman–Crippen MR) is 117 cm³/mol. The summed E-state index contributed by atoms with van der Waals surface area (Å²) < 4.78 is 27.3. The number of nitro benzene ring substituents is 1. The van der Waals surface area contributed by atoms with Crippen molar-refractivity contribution in [1.29, 1.82) is 0 Å². The summed E-state index contributed by atoms with van der Waals surface area (Å²) in [6.07, 6.45) is 4.40. The van der Waals surface area contributed by atoms with Crippen molar-refractivity contribution in [2.75, 3.05) is 13.1 Å². The van der Waals surface area contributed by atoms with Gasteiger partial charge in [-0.25, -0.2) is 4.39 Å². The lowest BCUT2D eigenvalue weighted by Crippen LogP contribution is -2.31. The molecule has 2 aromatic carbocycles. The van der Waals surface area contributed by atoms with E-state index in [4.69, 9.17) is 0 Å². The van der Waals surface area contributed by atoms with Gasteiger partial charge in [0.2, 0.25) is 11.7 Å². The van der Waals surface area contributed by atoms with Gasteiger partial charge in [0.25, 0.3) is 0 Å². The maximum atomic E-state index is 13.7. The van der Waals surface area contributed by atoms with Crippen molar-refractivity contribution in [3.63, 3.8) is 0 Å². The molecule has 0 radical (unpaired) electrons. The summed E-state index contributed by atoms with van der Waals surface area (Å²) in [7, 11) is 0. The zero-order chi connectivity index (χ0) is 23.4. The molecule has 0 aliphatic carbocycles. The van der Waals surface area contributed by atoms with Crippen molar-refractivity contribution in [1.82, 2.24) is 4.90 Å². The van der Waals surface area contributed by atoms with Crippen LogP contribution in [0.1, 0.15) is 23.1 Å². The lowest BCUT2D eigenvalue weighted by atomic mass is 9.97. The van der Waals surface area contributed by atoms with E-state index < -0.39 is 16.4 Å². The number of nitro groups is 1. The van der Waals surface area contributed by atoms with Gasteiger partial charge in [0.1, 0.15) is 5.82 Å². The Balaban J connectivity index is 2.06. The van der Waals surface area contributed by atoms with Crippen LogP contribution in [0, 0.1) is 28.7 Å². The molecule has 1 fully saturated rings. The van der Waals surface area contributed by atoms with Crippen LogP contribution in [-0.4, -0.2) is 34.6 Å². The molecule has 0 saturated carbocycles. The quantitative estimate of drug-likeness (QED) is 0.396. The van der Waals surface area contributed by atoms with Crippen LogP contribution in [0.25, 0.3) is 12.2 Å². The molecule has 6 nitrogen and oxygen atoms in total. The number of amides is 1. The second kappa shape index (κ2) is 9.47. The molecule has 1 aliphatic heterocycles. The Bertz CT molecular complexity index is 1180. The number of ketones is 1. The van der Waals surface area contributed by atoms with E-state index in [2.05, 4.69) is 6.58 Å². The second-order valence-corrected chi connectivity index (χ2v) is 7.36. The van der Waals surface area contributed by atoms with E-state index in [0.29, 0.717) is 27.8 Å². The third-order valence-electron chi connectivity index (χ3n) is 5.11. The number of hydrogen-bond acceptors (Lipinski definition) is 4. The Morgan fingerprint density at radius 2 is 1.72 bits per heavy atom. The van der Waals surface area contributed by atoms with Crippen molar-refractivity contribution in [3.8, 4) is 0 Å². The minimum Gasteiger partial charge on any atom is -0.334 e. The van der Waals surface area contributed by atoms with Gasteiger partial charge in [-0.15, -0.1) is 0 Å². The number of Topliss-reactive ketones (excluding diaryl/α,β-unsaturated/α-hetero) is 1. The van der Waals surface area contributed by atoms with E-state index in [1.54, 1.807) is 19.1 Å². The van der Waals surface area contributed by atoms with Crippen LogP contribution in [0.3, 0.4) is 0 Å². The van der Waals surface area contributed by atoms with Gasteiger partial charge in [-0.1, -0.05) is 18.7 Å². The van der Waals surface area contributed by atoms with Crippen molar-refractivity contribution in [2.24, 2.45) is 0 Å². The third kappa shape index (κ3) is 5.03. The molecule has 0 spiro atoms. The lowest BCUT2D eigenvalue weighted by Gasteiger charge is -2.18. The molecule has 164 valence electrons. The number of aryl methyl sites for hydroxylation is 1. The minimum atomic E-state index is -0.973. The Kier molecular flexibility index (Phi) is 6.73. The molecule has 3 rings (SSSR count). The summed E-state index contributed by atoms with van der Waals surface area (Å²) in [5.74, 6) is -2.04. The third-order valence-corrected chi connectivity index (χ3v) is 5.11. The van der Waals surface area contributed by atoms with E-state index in [-0.39, 0.29) is 37.0 Å². The Hall–Kier alpha value is -3.94. The summed E-state index contributed by atoms with van der Waals surface area (Å²) in [5.41, 5.74) is 1.22. The first-order valence-corrected chi connectivity index (χ1v) is 9.77. The molecule has 0 bridgehead atoms. The van der Waals surface area contributed by atoms with Crippen LogP contribution in [0.15, 0.2) is 60.2 Å². The highest BCUT2D eigenvalue weighted by Crippen LogP contribution is 2.25. The molecule has 0 unspecified atom stereocenters. The number of benzene rings is 2. The van der Waals surface area contributed by atoms with Crippen LogP contribution < -0.4 is 0 Å². The standard InChI is InChI=1S/C24H20F2N2O4/c1-3-23(29)27-9-8-18(11-17-5-7-21(26)22(13-17)28(31)32)24(30)19(14-27)12-16-4-6-20(25)15(2)10-16/h3-7,10-13H,1,8-9,14H2,2H3/b18-11+,19-12+. The summed E-state index contributed by atoms with van der Waals surface area (Å²) in [5, 5.41) is 11.0. The van der Waals surface area contributed by atoms with Crippen molar-refractivity contribution >= 4 is 29.5 Å². The molecule has 8 heteroatoms. The molecule has 1 aliphatic rings. The zero-order valence-corrected chi connectivity index (χ0v) is 17.3. The molecule has 2 aromatic rings. The van der Waals surface area contributed by atoms with E-state index >= 15 is 0 Å². The summed E-state index contributed by atoms with van der Waals surface area (Å²) >= 11 is 0. The van der Waals surface area contributed by atoms with Crippen LogP contribution in [0.5, 0.6) is 0 Å². The average molecular weight is 438 g/mol. The van der Waals surface area contributed by atoms with Gasteiger partial charge in [0, 0.05) is 30.3 Å². The molecule has 0 atom stereocenters. The van der Waals surface area contributed by atoms with Gasteiger partial charge in [-0.3, -0.25) is 19.7 Å². The molecule has 1 saturated heterocycles. The fourth-order valence-electron chi connectivity index (χ4n) is 3.42. The number of rotatable bonds is 4.